The van der Waals surface area contributed by atoms with Crippen molar-refractivity contribution in [2.24, 2.45) is 0 Å². The molecule has 1 aromatic carbocycles. The Morgan fingerprint density at radius 3 is 3.16 bits per heavy atom. The third-order valence-electron chi connectivity index (χ3n) is 4.18. The standard InChI is InChI=1S/C16H22N2O/c1-19-10-9-18-8-4-5-13(12-18)15-11-17-16-7-3-2-6-14(15)16/h2-3,6-7,11,13,17H,4-5,8-10,12H2,1H3. The van der Waals surface area contributed by atoms with E-state index < -0.39 is 0 Å². The molecule has 3 heteroatoms. The Kier molecular flexibility index (Phi) is 3.85. The minimum atomic E-state index is 0.654. The summed E-state index contributed by atoms with van der Waals surface area (Å²) in [5.74, 6) is 0.654. The molecule has 102 valence electrons. The van der Waals surface area contributed by atoms with E-state index in [-0.39, 0.29) is 0 Å². The number of ether oxygens (including phenoxy) is 1. The Bertz CT molecular complexity index is 534. The number of nitrogens with one attached hydrogen (secondary N) is 1. The maximum atomic E-state index is 5.19. The number of methoxy groups -OCH3 is 1. The van der Waals surface area contributed by atoms with Crippen LogP contribution in [0.3, 0.4) is 0 Å². The van der Waals surface area contributed by atoms with E-state index in [1.165, 1.54) is 35.9 Å². The van der Waals surface area contributed by atoms with Gasteiger partial charge in [0, 0.05) is 37.3 Å². The van der Waals surface area contributed by atoms with Gasteiger partial charge in [0.25, 0.3) is 0 Å². The summed E-state index contributed by atoms with van der Waals surface area (Å²) in [6.45, 7) is 4.25. The Hall–Kier alpha value is -1.32. The molecule has 2 heterocycles. The number of aromatic nitrogens is 1. The molecule has 0 saturated carbocycles. The second-order valence-electron chi connectivity index (χ2n) is 5.42. The predicted molar refractivity (Wildman–Crippen MR) is 78.6 cm³/mol. The van der Waals surface area contributed by atoms with Gasteiger partial charge in [-0.25, -0.2) is 0 Å². The lowest BCUT2D eigenvalue weighted by Crippen LogP contribution is -2.36. The fraction of sp³-hybridized carbons (Fsp3) is 0.500. The first-order valence-electron chi connectivity index (χ1n) is 7.16. The van der Waals surface area contributed by atoms with Gasteiger partial charge >= 0.3 is 0 Å². The maximum Gasteiger partial charge on any atom is 0.0589 e. The van der Waals surface area contributed by atoms with Crippen LogP contribution in [0.2, 0.25) is 0 Å². The van der Waals surface area contributed by atoms with Crippen molar-refractivity contribution in [3.05, 3.63) is 36.0 Å². The van der Waals surface area contributed by atoms with Gasteiger partial charge in [0.2, 0.25) is 0 Å². The second-order valence-corrected chi connectivity index (χ2v) is 5.42. The normalized spacial score (nSPS) is 21.0. The van der Waals surface area contributed by atoms with Crippen LogP contribution in [0.25, 0.3) is 10.9 Å². The fourth-order valence-corrected chi connectivity index (χ4v) is 3.16. The molecule has 0 bridgehead atoms. The molecule has 3 rings (SSSR count). The molecule has 2 aromatic rings. The highest BCUT2D eigenvalue weighted by atomic mass is 16.5. The van der Waals surface area contributed by atoms with Crippen molar-refractivity contribution in [3.63, 3.8) is 0 Å². The molecule has 1 N–H and O–H groups in total. The van der Waals surface area contributed by atoms with Gasteiger partial charge in [-0.3, -0.25) is 0 Å². The highest BCUT2D eigenvalue weighted by Gasteiger charge is 2.22. The van der Waals surface area contributed by atoms with Crippen LogP contribution in [-0.2, 0) is 4.74 Å². The minimum Gasteiger partial charge on any atom is -0.383 e. The quantitative estimate of drug-likeness (QED) is 0.913. The SMILES string of the molecule is COCCN1CCCC(c2c[nH]c3ccccc23)C1. The van der Waals surface area contributed by atoms with Crippen LogP contribution in [0.15, 0.2) is 30.5 Å². The third-order valence-corrected chi connectivity index (χ3v) is 4.18. The number of fused-ring (bicyclic) bond motifs is 1. The topological polar surface area (TPSA) is 28.3 Å². The average Bonchev–Trinajstić information content (AvgIpc) is 2.89. The molecule has 1 atom stereocenters. The van der Waals surface area contributed by atoms with E-state index in [1.54, 1.807) is 7.11 Å². The van der Waals surface area contributed by atoms with Crippen molar-refractivity contribution in [2.75, 3.05) is 33.4 Å². The molecule has 1 aliphatic heterocycles. The van der Waals surface area contributed by atoms with Gasteiger partial charge in [-0.05, 0) is 36.9 Å². The Morgan fingerprint density at radius 2 is 2.26 bits per heavy atom. The molecule has 1 saturated heterocycles. The van der Waals surface area contributed by atoms with Gasteiger partial charge in [0.15, 0.2) is 0 Å². The van der Waals surface area contributed by atoms with Crippen molar-refractivity contribution in [3.8, 4) is 0 Å². The summed E-state index contributed by atoms with van der Waals surface area (Å²) in [6.07, 6.45) is 4.79. The first-order valence-corrected chi connectivity index (χ1v) is 7.16. The predicted octanol–water partition coefficient (Wildman–Crippen LogP) is 2.99. The molecule has 0 radical (unpaired) electrons. The smallest absolute Gasteiger partial charge is 0.0589 e. The minimum absolute atomic E-state index is 0.654. The molecule has 0 aliphatic carbocycles. The van der Waals surface area contributed by atoms with Gasteiger partial charge in [0.1, 0.15) is 0 Å². The zero-order valence-electron chi connectivity index (χ0n) is 11.6. The summed E-state index contributed by atoms with van der Waals surface area (Å²) in [5, 5.41) is 1.39. The average molecular weight is 258 g/mol. The fourth-order valence-electron chi connectivity index (χ4n) is 3.16. The first kappa shape index (κ1) is 12.7. The van der Waals surface area contributed by atoms with E-state index in [2.05, 4.69) is 40.3 Å². The molecule has 0 amide bonds. The van der Waals surface area contributed by atoms with E-state index in [4.69, 9.17) is 4.74 Å². The summed E-state index contributed by atoms with van der Waals surface area (Å²) in [5.41, 5.74) is 2.74. The Morgan fingerprint density at radius 1 is 1.37 bits per heavy atom. The lowest BCUT2D eigenvalue weighted by Gasteiger charge is -2.32. The van der Waals surface area contributed by atoms with Crippen LogP contribution in [-0.4, -0.2) is 43.2 Å². The van der Waals surface area contributed by atoms with E-state index >= 15 is 0 Å². The molecule has 19 heavy (non-hydrogen) atoms. The van der Waals surface area contributed by atoms with E-state index in [0.717, 1.165) is 19.7 Å². The molecule has 1 aromatic heterocycles. The van der Waals surface area contributed by atoms with Crippen molar-refractivity contribution in [2.45, 2.75) is 18.8 Å². The number of benzene rings is 1. The Labute approximate surface area is 114 Å². The van der Waals surface area contributed by atoms with Crippen molar-refractivity contribution in [1.82, 2.24) is 9.88 Å². The molecule has 1 fully saturated rings. The number of para-hydroxylation sites is 1. The highest BCUT2D eigenvalue weighted by molar-refractivity contribution is 5.83. The van der Waals surface area contributed by atoms with Crippen LogP contribution < -0.4 is 0 Å². The van der Waals surface area contributed by atoms with E-state index in [9.17, 15) is 0 Å². The van der Waals surface area contributed by atoms with Gasteiger partial charge in [-0.2, -0.15) is 0 Å². The van der Waals surface area contributed by atoms with Crippen LogP contribution >= 0.6 is 0 Å². The van der Waals surface area contributed by atoms with Crippen molar-refractivity contribution in [1.29, 1.82) is 0 Å². The highest BCUT2D eigenvalue weighted by Crippen LogP contribution is 2.31. The lowest BCUT2D eigenvalue weighted by molar-refractivity contribution is 0.128. The van der Waals surface area contributed by atoms with Crippen LogP contribution in [0, 0.1) is 0 Å². The zero-order chi connectivity index (χ0) is 13.1. The molecule has 1 aliphatic rings. The first-order chi connectivity index (χ1) is 9.38. The van der Waals surface area contributed by atoms with Crippen molar-refractivity contribution >= 4 is 10.9 Å². The van der Waals surface area contributed by atoms with Crippen LogP contribution in [0.1, 0.15) is 24.3 Å². The van der Waals surface area contributed by atoms with Crippen molar-refractivity contribution < 1.29 is 4.74 Å². The van der Waals surface area contributed by atoms with Crippen LogP contribution in [0.4, 0.5) is 0 Å². The number of nitrogens with zero attached hydrogens (tertiary/aromatic N) is 1. The lowest BCUT2D eigenvalue weighted by atomic mass is 9.90. The zero-order valence-corrected chi connectivity index (χ0v) is 11.6. The molecule has 1 unspecified atom stereocenters. The monoisotopic (exact) mass is 258 g/mol. The summed E-state index contributed by atoms with van der Waals surface area (Å²) < 4.78 is 5.19. The van der Waals surface area contributed by atoms with E-state index in [0.29, 0.717) is 5.92 Å². The van der Waals surface area contributed by atoms with E-state index in [1.807, 2.05) is 0 Å². The number of hydrogen-bond donors (Lipinski definition) is 1. The van der Waals surface area contributed by atoms with Gasteiger partial charge in [-0.1, -0.05) is 18.2 Å². The van der Waals surface area contributed by atoms with Gasteiger partial charge < -0.3 is 14.6 Å². The summed E-state index contributed by atoms with van der Waals surface area (Å²) in [4.78, 5) is 5.93. The van der Waals surface area contributed by atoms with Gasteiger partial charge in [0.05, 0.1) is 6.61 Å². The molecule has 3 nitrogen and oxygen atoms in total. The number of H-pyrrole nitrogens is 1. The molecule has 0 spiro atoms. The van der Waals surface area contributed by atoms with Crippen LogP contribution in [0.5, 0.6) is 0 Å². The summed E-state index contributed by atoms with van der Waals surface area (Å²) in [7, 11) is 1.78. The summed E-state index contributed by atoms with van der Waals surface area (Å²) >= 11 is 0. The second kappa shape index (κ2) is 5.76. The number of piperidine rings is 1. The number of hydrogen-bond acceptors (Lipinski definition) is 2. The largest absolute Gasteiger partial charge is 0.383 e. The number of rotatable bonds is 4. The molecular weight excluding hydrogens is 236 g/mol. The number of aromatic amines is 1. The number of likely N-dealkylation sites (tertiary alicyclic amines) is 1. The third kappa shape index (κ3) is 2.67. The molecular formula is C16H22N2O. The Balaban J connectivity index is 1.77. The van der Waals surface area contributed by atoms with Gasteiger partial charge in [-0.15, -0.1) is 0 Å². The summed E-state index contributed by atoms with van der Waals surface area (Å²) in [6, 6.07) is 8.61. The maximum absolute atomic E-state index is 5.19.